The Morgan fingerprint density at radius 2 is 2.11 bits per heavy atom. The lowest BCUT2D eigenvalue weighted by molar-refractivity contribution is 0.395. The Kier molecular flexibility index (Phi) is 4.19. The molecule has 0 bridgehead atoms. The highest BCUT2D eigenvalue weighted by Crippen LogP contribution is 2.42. The van der Waals surface area contributed by atoms with E-state index in [0.29, 0.717) is 5.92 Å². The van der Waals surface area contributed by atoms with Crippen molar-refractivity contribution < 1.29 is 0 Å². The Morgan fingerprint density at radius 1 is 1.37 bits per heavy atom. The van der Waals surface area contributed by atoms with Gasteiger partial charge >= 0.3 is 0 Å². The molecule has 0 saturated carbocycles. The van der Waals surface area contributed by atoms with Crippen LogP contribution in [0.1, 0.15) is 57.6 Å². The summed E-state index contributed by atoms with van der Waals surface area (Å²) >= 11 is 0. The molecular weight excluding hydrogens is 232 g/mol. The Labute approximate surface area is 118 Å². The number of nitrogens with one attached hydrogen (secondary N) is 1. The summed E-state index contributed by atoms with van der Waals surface area (Å²) in [5.41, 5.74) is 4.58. The molecule has 1 atom stereocenters. The maximum absolute atomic E-state index is 3.49. The van der Waals surface area contributed by atoms with Crippen LogP contribution in [0.15, 0.2) is 18.2 Å². The molecule has 19 heavy (non-hydrogen) atoms. The molecule has 1 aromatic carbocycles. The van der Waals surface area contributed by atoms with Gasteiger partial charge in [-0.05, 0) is 56.3 Å². The number of fused-ring (bicyclic) bond motifs is 1. The van der Waals surface area contributed by atoms with Crippen molar-refractivity contribution >= 4 is 5.69 Å². The summed E-state index contributed by atoms with van der Waals surface area (Å²) in [5.74, 6) is 0.646. The van der Waals surface area contributed by atoms with Crippen LogP contribution in [0.5, 0.6) is 0 Å². The van der Waals surface area contributed by atoms with Gasteiger partial charge in [-0.25, -0.2) is 0 Å². The molecule has 0 aliphatic carbocycles. The first-order valence-electron chi connectivity index (χ1n) is 7.53. The first-order chi connectivity index (χ1) is 8.95. The zero-order chi connectivity index (χ0) is 14.0. The van der Waals surface area contributed by atoms with Crippen molar-refractivity contribution in [1.29, 1.82) is 0 Å². The molecular formula is C17H28N2. The van der Waals surface area contributed by atoms with Crippen LogP contribution in [0.25, 0.3) is 0 Å². The van der Waals surface area contributed by atoms with E-state index in [1.807, 2.05) is 0 Å². The molecule has 0 fully saturated rings. The van der Waals surface area contributed by atoms with E-state index in [1.165, 1.54) is 29.7 Å². The molecule has 0 spiro atoms. The first-order valence-corrected chi connectivity index (χ1v) is 7.53. The molecule has 0 radical (unpaired) electrons. The van der Waals surface area contributed by atoms with Crippen molar-refractivity contribution in [1.82, 2.24) is 5.32 Å². The molecule has 1 heterocycles. The van der Waals surface area contributed by atoms with Crippen LogP contribution >= 0.6 is 0 Å². The normalized spacial score (nSPS) is 21.3. The zero-order valence-corrected chi connectivity index (χ0v) is 13.1. The zero-order valence-electron chi connectivity index (χ0n) is 13.1. The number of rotatable bonds is 4. The third kappa shape index (κ3) is 2.94. The van der Waals surface area contributed by atoms with Crippen molar-refractivity contribution in [2.75, 3.05) is 18.5 Å². The Hall–Kier alpha value is -1.02. The lowest BCUT2D eigenvalue weighted by atomic mass is 9.80. The molecule has 2 nitrogen and oxygen atoms in total. The lowest BCUT2D eigenvalue weighted by Crippen LogP contribution is -2.45. The molecule has 106 valence electrons. The molecule has 0 amide bonds. The fourth-order valence-corrected chi connectivity index (χ4v) is 3.15. The highest BCUT2D eigenvalue weighted by Gasteiger charge is 2.33. The number of nitrogens with zero attached hydrogens (tertiary/aromatic N) is 1. The Morgan fingerprint density at radius 3 is 2.79 bits per heavy atom. The largest absolute Gasteiger partial charge is 0.369 e. The van der Waals surface area contributed by atoms with Gasteiger partial charge in [-0.3, -0.25) is 0 Å². The van der Waals surface area contributed by atoms with Crippen molar-refractivity contribution in [3.63, 3.8) is 0 Å². The van der Waals surface area contributed by atoms with E-state index in [0.717, 1.165) is 13.1 Å². The second kappa shape index (κ2) is 5.54. The summed E-state index contributed by atoms with van der Waals surface area (Å²) in [6, 6.07) is 6.97. The van der Waals surface area contributed by atoms with E-state index >= 15 is 0 Å². The summed E-state index contributed by atoms with van der Waals surface area (Å²) in [6.07, 6.45) is 2.42. The lowest BCUT2D eigenvalue weighted by Gasteiger charge is -2.45. The maximum atomic E-state index is 3.49. The summed E-state index contributed by atoms with van der Waals surface area (Å²) < 4.78 is 0. The van der Waals surface area contributed by atoms with E-state index < -0.39 is 0 Å². The van der Waals surface area contributed by atoms with E-state index in [4.69, 9.17) is 0 Å². The quantitative estimate of drug-likeness (QED) is 0.826. The van der Waals surface area contributed by atoms with Gasteiger partial charge < -0.3 is 10.2 Å². The van der Waals surface area contributed by atoms with Gasteiger partial charge in [0.15, 0.2) is 0 Å². The highest BCUT2D eigenvalue weighted by atomic mass is 15.2. The SMILES string of the molecule is CCCNCc1ccc2c(c1)C(C)CC(C)(C)N2C. The average Bonchev–Trinajstić information content (AvgIpc) is 2.36. The molecule has 2 rings (SSSR count). The van der Waals surface area contributed by atoms with Crippen LogP contribution in [0.2, 0.25) is 0 Å². The van der Waals surface area contributed by atoms with E-state index in [-0.39, 0.29) is 5.54 Å². The number of anilines is 1. The highest BCUT2D eigenvalue weighted by molar-refractivity contribution is 5.60. The van der Waals surface area contributed by atoms with Gasteiger partial charge in [0.2, 0.25) is 0 Å². The Bertz CT molecular complexity index is 437. The van der Waals surface area contributed by atoms with Gasteiger partial charge in [0.25, 0.3) is 0 Å². The van der Waals surface area contributed by atoms with E-state index in [2.05, 4.69) is 63.2 Å². The standard InChI is InChI=1S/C17H28N2/c1-6-9-18-12-14-7-8-16-15(10-14)13(2)11-17(3,4)19(16)5/h7-8,10,13,18H,6,9,11-12H2,1-5H3. The van der Waals surface area contributed by atoms with Crippen LogP contribution in [-0.4, -0.2) is 19.1 Å². The second-order valence-electron chi connectivity index (χ2n) is 6.55. The summed E-state index contributed by atoms with van der Waals surface area (Å²) in [6.45, 7) is 11.3. The van der Waals surface area contributed by atoms with Crippen molar-refractivity contribution in [3.05, 3.63) is 29.3 Å². The van der Waals surface area contributed by atoms with E-state index in [9.17, 15) is 0 Å². The maximum Gasteiger partial charge on any atom is 0.0403 e. The third-order valence-corrected chi connectivity index (χ3v) is 4.45. The molecule has 2 heteroatoms. The van der Waals surface area contributed by atoms with Crippen molar-refractivity contribution in [3.8, 4) is 0 Å². The van der Waals surface area contributed by atoms with Gasteiger partial charge in [-0.15, -0.1) is 0 Å². The third-order valence-electron chi connectivity index (χ3n) is 4.45. The smallest absolute Gasteiger partial charge is 0.0403 e. The van der Waals surface area contributed by atoms with Crippen LogP contribution in [-0.2, 0) is 6.54 Å². The minimum absolute atomic E-state index is 0.258. The molecule has 1 aliphatic heterocycles. The van der Waals surface area contributed by atoms with Gasteiger partial charge in [-0.1, -0.05) is 26.0 Å². The van der Waals surface area contributed by atoms with Crippen molar-refractivity contribution in [2.45, 2.75) is 58.5 Å². The second-order valence-corrected chi connectivity index (χ2v) is 6.55. The molecule has 0 aromatic heterocycles. The summed E-state index contributed by atoms with van der Waals surface area (Å²) in [5, 5.41) is 3.49. The van der Waals surface area contributed by atoms with Gasteiger partial charge in [0, 0.05) is 24.8 Å². The van der Waals surface area contributed by atoms with Crippen LogP contribution < -0.4 is 10.2 Å². The molecule has 1 aliphatic rings. The minimum Gasteiger partial charge on any atom is -0.369 e. The fourth-order valence-electron chi connectivity index (χ4n) is 3.15. The monoisotopic (exact) mass is 260 g/mol. The van der Waals surface area contributed by atoms with Crippen molar-refractivity contribution in [2.24, 2.45) is 0 Å². The fraction of sp³-hybridized carbons (Fsp3) is 0.647. The Balaban J connectivity index is 2.23. The topological polar surface area (TPSA) is 15.3 Å². The predicted molar refractivity (Wildman–Crippen MR) is 84.0 cm³/mol. The van der Waals surface area contributed by atoms with Crippen LogP contribution in [0, 0.1) is 0 Å². The first kappa shape index (κ1) is 14.4. The minimum atomic E-state index is 0.258. The molecule has 1 aromatic rings. The van der Waals surface area contributed by atoms with Gasteiger partial charge in [-0.2, -0.15) is 0 Å². The number of hydrogen-bond acceptors (Lipinski definition) is 2. The summed E-state index contributed by atoms with van der Waals surface area (Å²) in [7, 11) is 2.22. The van der Waals surface area contributed by atoms with E-state index in [1.54, 1.807) is 0 Å². The predicted octanol–water partition coefficient (Wildman–Crippen LogP) is 3.91. The van der Waals surface area contributed by atoms with Gasteiger partial charge in [0.1, 0.15) is 0 Å². The number of benzene rings is 1. The number of hydrogen-bond donors (Lipinski definition) is 1. The summed E-state index contributed by atoms with van der Waals surface area (Å²) in [4.78, 5) is 2.44. The molecule has 0 saturated heterocycles. The van der Waals surface area contributed by atoms with Crippen LogP contribution in [0.4, 0.5) is 5.69 Å². The molecule has 1 N–H and O–H groups in total. The van der Waals surface area contributed by atoms with Gasteiger partial charge in [0.05, 0.1) is 0 Å². The molecule has 1 unspecified atom stereocenters. The average molecular weight is 260 g/mol. The van der Waals surface area contributed by atoms with Crippen LogP contribution in [0.3, 0.4) is 0 Å².